The summed E-state index contributed by atoms with van der Waals surface area (Å²) >= 11 is 0. The number of piperazine rings is 1. The van der Waals surface area contributed by atoms with Gasteiger partial charge in [-0.05, 0) is 18.6 Å². The van der Waals surface area contributed by atoms with Gasteiger partial charge in [0.2, 0.25) is 5.89 Å². The predicted octanol–water partition coefficient (Wildman–Crippen LogP) is 2.97. The maximum Gasteiger partial charge on any atom is 0.387 e. The topological polar surface area (TPSA) is 71.7 Å². The van der Waals surface area contributed by atoms with Crippen LogP contribution in [0.5, 0.6) is 5.75 Å². The molecule has 9 heteroatoms. The minimum atomic E-state index is -2.97. The number of ether oxygens (including phenoxy) is 1. The number of rotatable bonds is 8. The van der Waals surface area contributed by atoms with Crippen molar-refractivity contribution in [1.82, 2.24) is 19.9 Å². The summed E-state index contributed by atoms with van der Waals surface area (Å²) in [5.74, 6) is 0.883. The number of aryl methyl sites for hydroxylation is 1. The van der Waals surface area contributed by atoms with Crippen LogP contribution < -0.4 is 4.74 Å². The molecule has 0 atom stereocenters. The van der Waals surface area contributed by atoms with Crippen LogP contribution in [0, 0.1) is 0 Å². The molecule has 0 saturated carbocycles. The van der Waals surface area contributed by atoms with E-state index in [1.165, 1.54) is 12.1 Å². The molecule has 1 aliphatic heterocycles. The maximum atomic E-state index is 12.7. The van der Waals surface area contributed by atoms with Gasteiger partial charge in [0.05, 0.1) is 12.1 Å². The van der Waals surface area contributed by atoms with E-state index in [9.17, 15) is 13.6 Å². The molecular formula is C19H24F2N4O3. The lowest BCUT2D eigenvalue weighted by Crippen LogP contribution is -2.48. The summed E-state index contributed by atoms with van der Waals surface area (Å²) < 4.78 is 34.9. The van der Waals surface area contributed by atoms with Gasteiger partial charge in [-0.2, -0.15) is 13.8 Å². The first kappa shape index (κ1) is 20.2. The molecule has 0 unspecified atom stereocenters. The van der Waals surface area contributed by atoms with Gasteiger partial charge < -0.3 is 14.2 Å². The van der Waals surface area contributed by atoms with Gasteiger partial charge in [-0.15, -0.1) is 0 Å². The fourth-order valence-electron chi connectivity index (χ4n) is 3.10. The number of carbonyl (C=O) groups excluding carboxylic acids is 1. The highest BCUT2D eigenvalue weighted by atomic mass is 19.3. The van der Waals surface area contributed by atoms with E-state index in [0.29, 0.717) is 38.6 Å². The number of hydrogen-bond donors (Lipinski definition) is 0. The summed E-state index contributed by atoms with van der Waals surface area (Å²) in [5, 5.41) is 3.98. The standard InChI is InChI=1S/C19H24F2N4O3/c1-2-3-8-16-22-17(28-23-16)13-24-9-11-25(12-10-24)18(26)14-6-4-5-7-15(14)27-19(20)21/h4-7,19H,2-3,8-13H2,1H3. The van der Waals surface area contributed by atoms with Crippen LogP contribution in [0.2, 0.25) is 0 Å². The van der Waals surface area contributed by atoms with E-state index in [-0.39, 0.29) is 17.2 Å². The molecule has 1 fully saturated rings. The minimum Gasteiger partial charge on any atom is -0.434 e. The smallest absolute Gasteiger partial charge is 0.387 e. The van der Waals surface area contributed by atoms with Crippen molar-refractivity contribution in [2.24, 2.45) is 0 Å². The highest BCUT2D eigenvalue weighted by Crippen LogP contribution is 2.22. The van der Waals surface area contributed by atoms with Crippen LogP contribution in [-0.4, -0.2) is 58.6 Å². The van der Waals surface area contributed by atoms with Crippen LogP contribution in [0.15, 0.2) is 28.8 Å². The third kappa shape index (κ3) is 5.25. The fraction of sp³-hybridized carbons (Fsp3) is 0.526. The zero-order chi connectivity index (χ0) is 19.9. The van der Waals surface area contributed by atoms with Gasteiger partial charge in [-0.1, -0.05) is 30.6 Å². The predicted molar refractivity (Wildman–Crippen MR) is 97.2 cm³/mol. The molecule has 0 spiro atoms. The van der Waals surface area contributed by atoms with Crippen LogP contribution in [0.3, 0.4) is 0 Å². The van der Waals surface area contributed by atoms with Crippen molar-refractivity contribution in [2.75, 3.05) is 26.2 Å². The average Bonchev–Trinajstić information content (AvgIpc) is 3.13. The van der Waals surface area contributed by atoms with E-state index in [0.717, 1.165) is 25.1 Å². The lowest BCUT2D eigenvalue weighted by atomic mass is 10.1. The van der Waals surface area contributed by atoms with Crippen molar-refractivity contribution in [3.8, 4) is 5.75 Å². The second-order valence-corrected chi connectivity index (χ2v) is 6.65. The average molecular weight is 394 g/mol. The molecule has 1 saturated heterocycles. The third-order valence-corrected chi connectivity index (χ3v) is 4.62. The van der Waals surface area contributed by atoms with E-state index in [2.05, 4.69) is 26.7 Å². The van der Waals surface area contributed by atoms with Crippen molar-refractivity contribution >= 4 is 5.91 Å². The maximum absolute atomic E-state index is 12.7. The van der Waals surface area contributed by atoms with E-state index in [4.69, 9.17) is 4.52 Å². The number of amides is 1. The Labute approximate surface area is 162 Å². The lowest BCUT2D eigenvalue weighted by Gasteiger charge is -2.34. The summed E-state index contributed by atoms with van der Waals surface area (Å²) in [7, 11) is 0. The van der Waals surface area contributed by atoms with Crippen LogP contribution in [0.1, 0.15) is 41.8 Å². The Kier molecular flexibility index (Phi) is 6.91. The molecule has 0 radical (unpaired) electrons. The van der Waals surface area contributed by atoms with Crippen molar-refractivity contribution in [2.45, 2.75) is 39.3 Å². The number of aromatic nitrogens is 2. The number of carbonyl (C=O) groups is 1. The number of benzene rings is 1. The Morgan fingerprint density at radius 2 is 2.00 bits per heavy atom. The molecule has 0 bridgehead atoms. The second kappa shape index (κ2) is 9.59. The monoisotopic (exact) mass is 394 g/mol. The number of hydrogen-bond acceptors (Lipinski definition) is 6. The van der Waals surface area contributed by atoms with Crippen LogP contribution in [0.4, 0.5) is 8.78 Å². The summed E-state index contributed by atoms with van der Waals surface area (Å²) in [4.78, 5) is 20.9. The quantitative estimate of drug-likeness (QED) is 0.686. The second-order valence-electron chi connectivity index (χ2n) is 6.65. The number of unbranched alkanes of at least 4 members (excludes halogenated alkanes) is 1. The van der Waals surface area contributed by atoms with Crippen molar-refractivity contribution in [3.63, 3.8) is 0 Å². The first-order valence-electron chi connectivity index (χ1n) is 9.43. The fourth-order valence-corrected chi connectivity index (χ4v) is 3.10. The number of alkyl halides is 2. The third-order valence-electron chi connectivity index (χ3n) is 4.62. The molecule has 1 aromatic carbocycles. The van der Waals surface area contributed by atoms with Crippen LogP contribution >= 0.6 is 0 Å². The van der Waals surface area contributed by atoms with E-state index in [1.807, 2.05) is 0 Å². The van der Waals surface area contributed by atoms with E-state index < -0.39 is 6.61 Å². The Morgan fingerprint density at radius 1 is 1.25 bits per heavy atom. The van der Waals surface area contributed by atoms with Gasteiger partial charge in [0.25, 0.3) is 5.91 Å². The SMILES string of the molecule is CCCCc1noc(CN2CCN(C(=O)c3ccccc3OC(F)F)CC2)n1. The van der Waals surface area contributed by atoms with Crippen molar-refractivity contribution in [3.05, 3.63) is 41.5 Å². The van der Waals surface area contributed by atoms with Gasteiger partial charge in [-0.3, -0.25) is 9.69 Å². The number of nitrogens with zero attached hydrogens (tertiary/aromatic N) is 4. The molecule has 0 aliphatic carbocycles. The molecule has 0 N–H and O–H groups in total. The van der Waals surface area contributed by atoms with Crippen molar-refractivity contribution in [1.29, 1.82) is 0 Å². The Hall–Kier alpha value is -2.55. The summed E-state index contributed by atoms with van der Waals surface area (Å²) in [6, 6.07) is 6.07. The molecule has 152 valence electrons. The van der Waals surface area contributed by atoms with Gasteiger partial charge in [-0.25, -0.2) is 0 Å². The first-order chi connectivity index (χ1) is 13.6. The molecule has 1 aliphatic rings. The summed E-state index contributed by atoms with van der Waals surface area (Å²) in [5.41, 5.74) is 0.147. The van der Waals surface area contributed by atoms with Gasteiger partial charge in [0.1, 0.15) is 5.75 Å². The Balaban J connectivity index is 1.54. The number of halogens is 2. The minimum absolute atomic E-state index is 0.101. The Bertz CT molecular complexity index is 776. The van der Waals surface area contributed by atoms with E-state index in [1.54, 1.807) is 17.0 Å². The zero-order valence-corrected chi connectivity index (χ0v) is 15.8. The molecule has 7 nitrogen and oxygen atoms in total. The molecule has 3 rings (SSSR count). The normalized spacial score (nSPS) is 15.2. The molecular weight excluding hydrogens is 370 g/mol. The highest BCUT2D eigenvalue weighted by molar-refractivity contribution is 5.97. The summed E-state index contributed by atoms with van der Waals surface area (Å²) in [6.45, 7) is 1.91. The number of para-hydroxylation sites is 1. The Morgan fingerprint density at radius 3 is 2.71 bits per heavy atom. The highest BCUT2D eigenvalue weighted by Gasteiger charge is 2.25. The van der Waals surface area contributed by atoms with Crippen molar-refractivity contribution < 1.29 is 22.8 Å². The van der Waals surface area contributed by atoms with Crippen LogP contribution in [-0.2, 0) is 13.0 Å². The zero-order valence-electron chi connectivity index (χ0n) is 15.8. The first-order valence-corrected chi connectivity index (χ1v) is 9.43. The molecule has 28 heavy (non-hydrogen) atoms. The van der Waals surface area contributed by atoms with Gasteiger partial charge in [0.15, 0.2) is 5.82 Å². The molecule has 2 heterocycles. The lowest BCUT2D eigenvalue weighted by molar-refractivity contribution is -0.0503. The largest absolute Gasteiger partial charge is 0.434 e. The van der Waals surface area contributed by atoms with Gasteiger partial charge in [0, 0.05) is 32.6 Å². The molecule has 2 aromatic rings. The molecule has 1 aromatic heterocycles. The summed E-state index contributed by atoms with van der Waals surface area (Å²) in [6.07, 6.45) is 2.91. The molecule has 1 amide bonds. The van der Waals surface area contributed by atoms with E-state index >= 15 is 0 Å². The van der Waals surface area contributed by atoms with Crippen LogP contribution in [0.25, 0.3) is 0 Å². The van der Waals surface area contributed by atoms with Gasteiger partial charge >= 0.3 is 6.61 Å².